The predicted molar refractivity (Wildman–Crippen MR) is 131 cm³/mol. The standard InChI is InChI=1S/C26H36N2O8/c1-7-35-25(31)23-15(3)17(9-13-21(29)33-5)19(27-23)11-12-20-18(10-14-22(30)34-6)16(4)24(28-20)26(32)36-8-2/h27-28H,7-14H2,1-6H3. The molecule has 0 aliphatic rings. The van der Waals surface area contributed by atoms with Crippen LogP contribution in [0.15, 0.2) is 0 Å². The molecule has 0 fully saturated rings. The fourth-order valence-corrected chi connectivity index (χ4v) is 4.22. The van der Waals surface area contributed by atoms with Crippen molar-refractivity contribution in [1.82, 2.24) is 9.97 Å². The highest BCUT2D eigenvalue weighted by atomic mass is 16.5. The second kappa shape index (κ2) is 13.5. The summed E-state index contributed by atoms with van der Waals surface area (Å²) in [6, 6.07) is 0. The number of carbonyl (C=O) groups excluding carboxylic acids is 4. The number of carbonyl (C=O) groups is 4. The molecule has 10 nitrogen and oxygen atoms in total. The summed E-state index contributed by atoms with van der Waals surface area (Å²) in [5, 5.41) is 0. The number of rotatable bonds is 13. The number of H-pyrrole nitrogens is 2. The van der Waals surface area contributed by atoms with Gasteiger partial charge in [0.05, 0.1) is 27.4 Å². The Kier molecular flexibility index (Phi) is 10.8. The number of ether oxygens (including phenoxy) is 4. The third-order valence-corrected chi connectivity index (χ3v) is 6.13. The second-order valence-electron chi connectivity index (χ2n) is 8.26. The van der Waals surface area contributed by atoms with Gasteiger partial charge >= 0.3 is 23.9 Å². The topological polar surface area (TPSA) is 137 Å². The van der Waals surface area contributed by atoms with Crippen molar-refractivity contribution < 1.29 is 38.1 Å². The lowest BCUT2D eigenvalue weighted by Gasteiger charge is -2.08. The monoisotopic (exact) mass is 504 g/mol. The van der Waals surface area contributed by atoms with Crippen LogP contribution in [0, 0.1) is 13.8 Å². The lowest BCUT2D eigenvalue weighted by atomic mass is 9.99. The normalized spacial score (nSPS) is 10.7. The molecule has 0 spiro atoms. The van der Waals surface area contributed by atoms with Gasteiger partial charge in [-0.2, -0.15) is 0 Å². The van der Waals surface area contributed by atoms with Crippen molar-refractivity contribution in [3.63, 3.8) is 0 Å². The Bertz CT molecular complexity index is 1010. The molecule has 0 atom stereocenters. The van der Waals surface area contributed by atoms with E-state index in [9.17, 15) is 19.2 Å². The van der Waals surface area contributed by atoms with Crippen LogP contribution < -0.4 is 0 Å². The van der Waals surface area contributed by atoms with Gasteiger partial charge < -0.3 is 28.9 Å². The molecule has 198 valence electrons. The molecule has 0 amide bonds. The fraction of sp³-hybridized carbons (Fsp3) is 0.538. The molecule has 10 heteroatoms. The first-order valence-corrected chi connectivity index (χ1v) is 12.1. The number of aromatic amines is 2. The molecule has 0 aliphatic heterocycles. The minimum atomic E-state index is -0.459. The van der Waals surface area contributed by atoms with Crippen molar-refractivity contribution >= 4 is 23.9 Å². The third kappa shape index (κ3) is 6.99. The molecule has 0 aliphatic carbocycles. The Morgan fingerprint density at radius 3 is 1.31 bits per heavy atom. The number of aryl methyl sites for hydroxylation is 2. The SMILES string of the molecule is CCOC(=O)c1[nH]c(CCc2[nH]c(C(=O)OCC)c(C)c2CCC(=O)OC)c(CCC(=O)OC)c1C. The number of esters is 4. The highest BCUT2D eigenvalue weighted by molar-refractivity contribution is 5.90. The van der Waals surface area contributed by atoms with E-state index >= 15 is 0 Å². The second-order valence-corrected chi connectivity index (χ2v) is 8.26. The van der Waals surface area contributed by atoms with E-state index in [4.69, 9.17) is 18.9 Å². The molecule has 0 saturated carbocycles. The Balaban J connectivity index is 2.40. The summed E-state index contributed by atoms with van der Waals surface area (Å²) in [5.74, 6) is -1.61. The van der Waals surface area contributed by atoms with Crippen LogP contribution in [0.1, 0.15) is 81.3 Å². The van der Waals surface area contributed by atoms with Gasteiger partial charge in [0.2, 0.25) is 0 Å². The fourth-order valence-electron chi connectivity index (χ4n) is 4.22. The minimum Gasteiger partial charge on any atom is -0.469 e. The van der Waals surface area contributed by atoms with Gasteiger partial charge in [0.15, 0.2) is 0 Å². The molecule has 0 aromatic carbocycles. The van der Waals surface area contributed by atoms with Gasteiger partial charge in [0.1, 0.15) is 11.4 Å². The van der Waals surface area contributed by atoms with Gasteiger partial charge in [-0.1, -0.05) is 0 Å². The van der Waals surface area contributed by atoms with E-state index in [0.717, 1.165) is 33.6 Å². The first kappa shape index (κ1) is 28.7. The molecule has 2 N–H and O–H groups in total. The number of hydrogen-bond donors (Lipinski definition) is 2. The molecule has 2 rings (SSSR count). The molecular formula is C26H36N2O8. The van der Waals surface area contributed by atoms with Crippen LogP contribution >= 0.6 is 0 Å². The predicted octanol–water partition coefficient (Wildman–Crippen LogP) is 3.31. The van der Waals surface area contributed by atoms with Crippen LogP contribution in [0.25, 0.3) is 0 Å². The third-order valence-electron chi connectivity index (χ3n) is 6.13. The van der Waals surface area contributed by atoms with E-state index in [1.165, 1.54) is 14.2 Å². The van der Waals surface area contributed by atoms with E-state index in [1.54, 1.807) is 13.8 Å². The van der Waals surface area contributed by atoms with Crippen LogP contribution in [0.4, 0.5) is 0 Å². The molecular weight excluding hydrogens is 468 g/mol. The summed E-state index contributed by atoms with van der Waals surface area (Å²) in [7, 11) is 2.67. The van der Waals surface area contributed by atoms with Gasteiger partial charge in [0, 0.05) is 24.2 Å². The van der Waals surface area contributed by atoms with Crippen LogP contribution in [0.3, 0.4) is 0 Å². The van der Waals surface area contributed by atoms with Gasteiger partial charge in [-0.25, -0.2) is 9.59 Å². The van der Waals surface area contributed by atoms with E-state index in [0.29, 0.717) is 37.1 Å². The summed E-state index contributed by atoms with van der Waals surface area (Å²) in [6.07, 6.45) is 2.12. The molecule has 0 radical (unpaired) electrons. The minimum absolute atomic E-state index is 0.170. The van der Waals surface area contributed by atoms with Crippen molar-refractivity contribution in [3.8, 4) is 0 Å². The van der Waals surface area contributed by atoms with Crippen molar-refractivity contribution in [3.05, 3.63) is 45.0 Å². The Hall–Kier alpha value is -3.56. The van der Waals surface area contributed by atoms with Crippen molar-refractivity contribution in [2.45, 2.75) is 66.2 Å². The molecule has 2 heterocycles. The maximum Gasteiger partial charge on any atom is 0.355 e. The van der Waals surface area contributed by atoms with Gasteiger partial charge in [-0.05, 0) is 75.6 Å². The average molecular weight is 505 g/mol. The van der Waals surface area contributed by atoms with Gasteiger partial charge in [-0.3, -0.25) is 9.59 Å². The zero-order valence-electron chi connectivity index (χ0n) is 21.9. The highest BCUT2D eigenvalue weighted by Gasteiger charge is 2.24. The summed E-state index contributed by atoms with van der Waals surface area (Å²) in [4.78, 5) is 54.9. The van der Waals surface area contributed by atoms with E-state index < -0.39 is 11.9 Å². The Morgan fingerprint density at radius 2 is 1.00 bits per heavy atom. The van der Waals surface area contributed by atoms with E-state index in [1.807, 2.05) is 13.8 Å². The summed E-state index contributed by atoms with van der Waals surface area (Å²) >= 11 is 0. The zero-order chi connectivity index (χ0) is 26.8. The Labute approximate surface area is 211 Å². The molecule has 2 aromatic rings. The number of nitrogens with one attached hydrogen (secondary N) is 2. The van der Waals surface area contributed by atoms with Crippen molar-refractivity contribution in [1.29, 1.82) is 0 Å². The van der Waals surface area contributed by atoms with Crippen LogP contribution in [0.2, 0.25) is 0 Å². The van der Waals surface area contributed by atoms with Crippen LogP contribution in [-0.2, 0) is 54.2 Å². The van der Waals surface area contributed by atoms with Gasteiger partial charge in [0.25, 0.3) is 0 Å². The van der Waals surface area contributed by atoms with E-state index in [-0.39, 0.29) is 38.0 Å². The molecule has 0 saturated heterocycles. The Morgan fingerprint density at radius 1 is 0.639 bits per heavy atom. The molecule has 0 bridgehead atoms. The maximum atomic E-state index is 12.5. The van der Waals surface area contributed by atoms with Crippen molar-refractivity contribution in [2.75, 3.05) is 27.4 Å². The lowest BCUT2D eigenvalue weighted by Crippen LogP contribution is -2.07. The molecule has 36 heavy (non-hydrogen) atoms. The average Bonchev–Trinajstić information content (AvgIpc) is 3.35. The van der Waals surface area contributed by atoms with E-state index in [2.05, 4.69) is 9.97 Å². The quantitative estimate of drug-likeness (QED) is 0.313. The number of methoxy groups -OCH3 is 2. The van der Waals surface area contributed by atoms with Crippen LogP contribution in [-0.4, -0.2) is 61.3 Å². The number of hydrogen-bond acceptors (Lipinski definition) is 8. The largest absolute Gasteiger partial charge is 0.469 e. The maximum absolute atomic E-state index is 12.5. The lowest BCUT2D eigenvalue weighted by molar-refractivity contribution is -0.141. The highest BCUT2D eigenvalue weighted by Crippen LogP contribution is 2.26. The smallest absolute Gasteiger partial charge is 0.355 e. The summed E-state index contributed by atoms with van der Waals surface area (Å²) in [6.45, 7) is 7.59. The molecule has 0 unspecified atom stereocenters. The number of aromatic nitrogens is 2. The first-order valence-electron chi connectivity index (χ1n) is 12.1. The summed E-state index contributed by atoms with van der Waals surface area (Å²) in [5.41, 5.74) is 5.47. The van der Waals surface area contributed by atoms with Crippen molar-refractivity contribution in [2.24, 2.45) is 0 Å². The van der Waals surface area contributed by atoms with Crippen LogP contribution in [0.5, 0.6) is 0 Å². The zero-order valence-corrected chi connectivity index (χ0v) is 21.9. The molecule has 2 aromatic heterocycles. The van der Waals surface area contributed by atoms with Gasteiger partial charge in [-0.15, -0.1) is 0 Å². The first-order chi connectivity index (χ1) is 17.2. The summed E-state index contributed by atoms with van der Waals surface area (Å²) < 4.78 is 19.9.